The third-order valence-corrected chi connectivity index (χ3v) is 10.3. The zero-order valence-electron chi connectivity index (χ0n) is 17.4. The fraction of sp³-hybridized carbons (Fsp3) is 0.667. The first-order valence-corrected chi connectivity index (χ1v) is 12.6. The van der Waals surface area contributed by atoms with Gasteiger partial charge in [-0.2, -0.15) is 0 Å². The summed E-state index contributed by atoms with van der Waals surface area (Å²) in [5.74, 6) is 0.110. The summed E-state index contributed by atoms with van der Waals surface area (Å²) in [6.45, 7) is 7.99. The van der Waals surface area contributed by atoms with E-state index in [0.29, 0.717) is 11.7 Å². The van der Waals surface area contributed by atoms with E-state index < -0.39 is 14.1 Å². The number of hydrogen-bond acceptors (Lipinski definition) is 5. The number of ether oxygens (including phenoxy) is 2. The zero-order valence-corrected chi connectivity index (χ0v) is 18.4. The van der Waals surface area contributed by atoms with E-state index in [1.807, 2.05) is 24.3 Å². The quantitative estimate of drug-likeness (QED) is 0.137. The fourth-order valence-electron chi connectivity index (χ4n) is 3.78. The summed E-state index contributed by atoms with van der Waals surface area (Å²) in [5, 5.41) is 0. The fourth-order valence-corrected chi connectivity index (χ4v) is 5.96. The molecule has 0 atom stereocenters. The molecule has 0 saturated heterocycles. The maximum absolute atomic E-state index is 11.0. The minimum absolute atomic E-state index is 0.298. The van der Waals surface area contributed by atoms with Crippen molar-refractivity contribution in [3.63, 3.8) is 0 Å². The number of carbonyl (C=O) groups excluding carboxylic acids is 1. The van der Waals surface area contributed by atoms with E-state index in [0.717, 1.165) is 43.8 Å². The van der Waals surface area contributed by atoms with Crippen LogP contribution in [0.15, 0.2) is 24.3 Å². The largest absolute Gasteiger partial charge is 0.427 e. The summed E-state index contributed by atoms with van der Waals surface area (Å²) >= 11 is 0. The molecule has 0 bridgehead atoms. The second kappa shape index (κ2) is 9.82. The molecule has 1 aromatic rings. The van der Waals surface area contributed by atoms with Crippen LogP contribution in [0, 0.1) is 0 Å². The van der Waals surface area contributed by atoms with Crippen LogP contribution in [0.3, 0.4) is 0 Å². The second-order valence-electron chi connectivity index (χ2n) is 7.46. The third kappa shape index (κ3) is 5.64. The summed E-state index contributed by atoms with van der Waals surface area (Å²) in [6.07, 6.45) is 3.56. The van der Waals surface area contributed by atoms with E-state index in [2.05, 4.69) is 20.8 Å². The van der Waals surface area contributed by atoms with Crippen molar-refractivity contribution in [3.05, 3.63) is 29.8 Å². The first-order valence-electron chi connectivity index (χ1n) is 10.1. The summed E-state index contributed by atoms with van der Waals surface area (Å²) in [6, 6.07) is 11.0. The van der Waals surface area contributed by atoms with Gasteiger partial charge in [-0.05, 0) is 54.6 Å². The van der Waals surface area contributed by atoms with E-state index in [-0.39, 0.29) is 5.97 Å². The number of hydrogen-bond donors (Lipinski definition) is 0. The lowest BCUT2D eigenvalue weighted by molar-refractivity contribution is -0.391. The smallest absolute Gasteiger partial charge is 0.308 e. The van der Waals surface area contributed by atoms with E-state index in [1.165, 1.54) is 12.5 Å². The van der Waals surface area contributed by atoms with Crippen molar-refractivity contribution in [3.8, 4) is 5.75 Å². The minimum atomic E-state index is -1.81. The predicted octanol–water partition coefficient (Wildman–Crippen LogP) is 5.57. The average Bonchev–Trinajstić information content (AvgIpc) is 2.70. The molecule has 1 fully saturated rings. The van der Waals surface area contributed by atoms with E-state index in [9.17, 15) is 4.79 Å². The number of methoxy groups -OCH3 is 1. The SMILES string of the molecule is CC[Si](CC)(CC)OOC1(OC)CCC(c2ccc(OC(C)=O)cc2)CC1. The van der Waals surface area contributed by atoms with E-state index in [1.54, 1.807) is 7.11 Å². The molecule has 2 rings (SSSR count). The van der Waals surface area contributed by atoms with Crippen molar-refractivity contribution >= 4 is 14.3 Å². The molecule has 1 saturated carbocycles. The van der Waals surface area contributed by atoms with Crippen molar-refractivity contribution in [2.75, 3.05) is 7.11 Å². The normalized spacial score (nSPS) is 23.2. The van der Waals surface area contributed by atoms with Crippen LogP contribution in [0.1, 0.15) is 64.9 Å². The van der Waals surface area contributed by atoms with Gasteiger partial charge in [-0.25, -0.2) is 4.89 Å². The van der Waals surface area contributed by atoms with Gasteiger partial charge in [0.2, 0.25) is 8.32 Å². The lowest BCUT2D eigenvalue weighted by Gasteiger charge is -2.40. The van der Waals surface area contributed by atoms with Crippen molar-refractivity contribution in [1.82, 2.24) is 0 Å². The minimum Gasteiger partial charge on any atom is -0.427 e. The number of esters is 1. The molecular weight excluding hydrogens is 360 g/mol. The number of rotatable bonds is 9. The predicted molar refractivity (Wildman–Crippen MR) is 108 cm³/mol. The van der Waals surface area contributed by atoms with Gasteiger partial charge in [0, 0.05) is 26.9 Å². The van der Waals surface area contributed by atoms with Gasteiger partial charge >= 0.3 is 5.97 Å². The molecule has 1 aliphatic carbocycles. The van der Waals surface area contributed by atoms with E-state index >= 15 is 0 Å². The molecule has 0 radical (unpaired) electrons. The Bertz CT molecular complexity index is 581. The molecule has 0 amide bonds. The van der Waals surface area contributed by atoms with Crippen LogP contribution in [0.2, 0.25) is 18.1 Å². The van der Waals surface area contributed by atoms with Crippen molar-refractivity contribution in [1.29, 1.82) is 0 Å². The lowest BCUT2D eigenvalue weighted by atomic mass is 9.81. The van der Waals surface area contributed by atoms with Crippen LogP contribution in [-0.2, 0) is 19.0 Å². The summed E-state index contributed by atoms with van der Waals surface area (Å²) in [7, 11) is -0.0962. The Morgan fingerprint density at radius 2 is 1.63 bits per heavy atom. The molecule has 0 aliphatic heterocycles. The van der Waals surface area contributed by atoms with Crippen LogP contribution >= 0.6 is 0 Å². The molecule has 1 aliphatic rings. The molecule has 0 unspecified atom stereocenters. The standard InChI is InChI=1S/C21H34O5Si/c1-6-27(7-2,8-3)26-25-21(23-5)15-13-19(14-16-21)18-9-11-20(12-10-18)24-17(4)22/h9-12,19H,6-8,13-16H2,1-5H3. The Balaban J connectivity index is 1.96. The lowest BCUT2D eigenvalue weighted by Crippen LogP contribution is -2.44. The Labute approximate surface area is 164 Å². The highest BCUT2D eigenvalue weighted by Gasteiger charge is 2.41. The number of benzene rings is 1. The molecule has 0 heterocycles. The van der Waals surface area contributed by atoms with Gasteiger partial charge in [0.1, 0.15) is 5.75 Å². The second-order valence-corrected chi connectivity index (χ2v) is 12.1. The molecule has 0 aromatic heterocycles. The monoisotopic (exact) mass is 394 g/mol. The van der Waals surface area contributed by atoms with Crippen molar-refractivity contribution in [2.45, 2.75) is 83.2 Å². The maximum atomic E-state index is 11.0. The molecule has 152 valence electrons. The number of carbonyl (C=O) groups is 1. The van der Waals surface area contributed by atoms with Crippen LogP contribution in [0.5, 0.6) is 5.75 Å². The Morgan fingerprint density at radius 1 is 1.07 bits per heavy atom. The Kier molecular flexibility index (Phi) is 8.03. The van der Waals surface area contributed by atoms with Crippen LogP contribution in [-0.4, -0.2) is 27.2 Å². The van der Waals surface area contributed by atoms with Gasteiger partial charge in [-0.3, -0.25) is 9.37 Å². The maximum Gasteiger partial charge on any atom is 0.308 e. The molecule has 27 heavy (non-hydrogen) atoms. The summed E-state index contributed by atoms with van der Waals surface area (Å²) in [4.78, 5) is 17.0. The zero-order chi connectivity index (χ0) is 19.9. The molecule has 0 N–H and O–H groups in total. The molecular formula is C21H34O5Si. The van der Waals surface area contributed by atoms with Gasteiger partial charge in [0.15, 0.2) is 5.79 Å². The van der Waals surface area contributed by atoms with Crippen LogP contribution in [0.4, 0.5) is 0 Å². The Morgan fingerprint density at radius 3 is 2.07 bits per heavy atom. The van der Waals surface area contributed by atoms with Gasteiger partial charge in [0.05, 0.1) is 0 Å². The average molecular weight is 395 g/mol. The van der Waals surface area contributed by atoms with Gasteiger partial charge in [-0.1, -0.05) is 32.9 Å². The highest BCUT2D eigenvalue weighted by molar-refractivity contribution is 6.73. The van der Waals surface area contributed by atoms with Gasteiger partial charge in [0.25, 0.3) is 0 Å². The van der Waals surface area contributed by atoms with Crippen molar-refractivity contribution in [2.24, 2.45) is 0 Å². The topological polar surface area (TPSA) is 54.0 Å². The third-order valence-electron chi connectivity index (χ3n) is 6.04. The van der Waals surface area contributed by atoms with Gasteiger partial charge in [-0.15, -0.1) is 0 Å². The molecule has 1 aromatic carbocycles. The first-order chi connectivity index (χ1) is 12.9. The van der Waals surface area contributed by atoms with Crippen molar-refractivity contribution < 1.29 is 23.7 Å². The van der Waals surface area contributed by atoms with Crippen LogP contribution < -0.4 is 4.74 Å². The molecule has 0 spiro atoms. The van der Waals surface area contributed by atoms with Gasteiger partial charge < -0.3 is 9.47 Å². The summed E-state index contributed by atoms with van der Waals surface area (Å²) < 4.78 is 17.0. The van der Waals surface area contributed by atoms with E-state index in [4.69, 9.17) is 18.9 Å². The first kappa shape index (κ1) is 22.1. The highest BCUT2D eigenvalue weighted by Crippen LogP contribution is 2.41. The highest BCUT2D eigenvalue weighted by atomic mass is 28.4. The van der Waals surface area contributed by atoms with Crippen LogP contribution in [0.25, 0.3) is 0 Å². The molecule has 6 heteroatoms. The molecule has 5 nitrogen and oxygen atoms in total. The Hall–Kier alpha value is -1.21. The summed E-state index contributed by atoms with van der Waals surface area (Å²) in [5.41, 5.74) is 1.26.